The Balaban J connectivity index is 2.09. The van der Waals surface area contributed by atoms with Gasteiger partial charge in [-0.2, -0.15) is 0 Å². The number of hydrogen-bond donors (Lipinski definition) is 2. The molecule has 0 aliphatic carbocycles. The Morgan fingerprint density at radius 2 is 1.86 bits per heavy atom. The lowest BCUT2D eigenvalue weighted by Gasteiger charge is -2.20. The van der Waals surface area contributed by atoms with Crippen molar-refractivity contribution >= 4 is 28.9 Å². The number of para-hydroxylation sites is 1. The lowest BCUT2D eigenvalue weighted by atomic mass is 10.1. The molecule has 1 amide bonds. The van der Waals surface area contributed by atoms with Crippen LogP contribution >= 0.6 is 11.6 Å². The molecule has 0 unspecified atom stereocenters. The Kier molecular flexibility index (Phi) is 4.48. The fourth-order valence-corrected chi connectivity index (χ4v) is 1.91. The lowest BCUT2D eigenvalue weighted by molar-refractivity contribution is 0.0914. The highest BCUT2D eigenvalue weighted by Crippen LogP contribution is 2.24. The highest BCUT2D eigenvalue weighted by Gasteiger charge is 2.16. The molecule has 1 heterocycles. The number of halogens is 1. The monoisotopic (exact) mass is 303 g/mol. The first-order chi connectivity index (χ1) is 9.85. The number of anilines is 2. The minimum Gasteiger partial charge on any atom is -0.353 e. The van der Waals surface area contributed by atoms with Gasteiger partial charge in [-0.05, 0) is 45.0 Å². The topological polar surface area (TPSA) is 54.0 Å². The Morgan fingerprint density at radius 1 is 1.14 bits per heavy atom. The second-order valence-electron chi connectivity index (χ2n) is 5.74. The van der Waals surface area contributed by atoms with E-state index in [1.54, 1.807) is 18.3 Å². The summed E-state index contributed by atoms with van der Waals surface area (Å²) in [6.07, 6.45) is 1.61. The molecule has 0 atom stereocenters. The summed E-state index contributed by atoms with van der Waals surface area (Å²) in [6, 6.07) is 10.9. The average molecular weight is 304 g/mol. The zero-order valence-corrected chi connectivity index (χ0v) is 13.0. The van der Waals surface area contributed by atoms with E-state index < -0.39 is 0 Å². The molecule has 0 fully saturated rings. The minimum absolute atomic E-state index is 0.188. The van der Waals surface area contributed by atoms with Crippen LogP contribution in [0.2, 0.25) is 5.02 Å². The van der Waals surface area contributed by atoms with Crippen molar-refractivity contribution in [2.24, 2.45) is 0 Å². The van der Waals surface area contributed by atoms with Gasteiger partial charge in [0.05, 0.1) is 22.6 Å². The molecule has 0 spiro atoms. The zero-order chi connectivity index (χ0) is 15.5. The normalized spacial score (nSPS) is 11.0. The predicted molar refractivity (Wildman–Crippen MR) is 86.2 cm³/mol. The van der Waals surface area contributed by atoms with Crippen molar-refractivity contribution in [3.63, 3.8) is 0 Å². The molecule has 2 N–H and O–H groups in total. The summed E-state index contributed by atoms with van der Waals surface area (Å²) in [4.78, 5) is 16.1. The third-order valence-electron chi connectivity index (χ3n) is 2.64. The van der Waals surface area contributed by atoms with Crippen molar-refractivity contribution in [2.75, 3.05) is 5.32 Å². The largest absolute Gasteiger partial charge is 0.353 e. The first-order valence-corrected chi connectivity index (χ1v) is 7.03. The number of aromatic nitrogens is 1. The van der Waals surface area contributed by atoms with Crippen LogP contribution in [0.5, 0.6) is 0 Å². The van der Waals surface area contributed by atoms with E-state index in [1.807, 2.05) is 45.0 Å². The van der Waals surface area contributed by atoms with Crippen LogP contribution in [-0.2, 0) is 0 Å². The van der Waals surface area contributed by atoms with Crippen LogP contribution in [0.25, 0.3) is 0 Å². The molecule has 1 aromatic heterocycles. The van der Waals surface area contributed by atoms with E-state index in [2.05, 4.69) is 15.6 Å². The maximum absolute atomic E-state index is 12.0. The van der Waals surface area contributed by atoms with Crippen LogP contribution in [0, 0.1) is 0 Å². The van der Waals surface area contributed by atoms with E-state index in [0.29, 0.717) is 10.7 Å². The summed E-state index contributed by atoms with van der Waals surface area (Å²) in [5, 5.41) is 6.66. The highest BCUT2D eigenvalue weighted by molar-refractivity contribution is 6.33. The van der Waals surface area contributed by atoms with Gasteiger partial charge in [-0.25, -0.2) is 4.98 Å². The van der Waals surface area contributed by atoms with Gasteiger partial charge >= 0.3 is 0 Å². The van der Waals surface area contributed by atoms with Crippen molar-refractivity contribution in [1.29, 1.82) is 0 Å². The maximum Gasteiger partial charge on any atom is 0.270 e. The van der Waals surface area contributed by atoms with E-state index in [-0.39, 0.29) is 11.4 Å². The lowest BCUT2D eigenvalue weighted by Crippen LogP contribution is -2.40. The molecule has 2 rings (SSSR count). The van der Waals surface area contributed by atoms with Crippen LogP contribution in [-0.4, -0.2) is 16.4 Å². The molecule has 21 heavy (non-hydrogen) atoms. The summed E-state index contributed by atoms with van der Waals surface area (Å²) >= 11 is 6.08. The highest BCUT2D eigenvalue weighted by atomic mass is 35.5. The van der Waals surface area contributed by atoms with Gasteiger partial charge in [0, 0.05) is 5.54 Å². The Bertz CT molecular complexity index is 633. The van der Waals surface area contributed by atoms with E-state index in [9.17, 15) is 4.79 Å². The molecule has 0 radical (unpaired) electrons. The van der Waals surface area contributed by atoms with E-state index in [0.717, 1.165) is 11.4 Å². The second kappa shape index (κ2) is 6.14. The summed E-state index contributed by atoms with van der Waals surface area (Å²) in [6.45, 7) is 5.79. The summed E-state index contributed by atoms with van der Waals surface area (Å²) < 4.78 is 0. The van der Waals surface area contributed by atoms with Crippen molar-refractivity contribution in [2.45, 2.75) is 26.3 Å². The molecule has 0 saturated heterocycles. The van der Waals surface area contributed by atoms with Gasteiger partial charge in [-0.3, -0.25) is 4.79 Å². The van der Waals surface area contributed by atoms with Crippen LogP contribution in [0.1, 0.15) is 31.3 Å². The van der Waals surface area contributed by atoms with Gasteiger partial charge in [-0.1, -0.05) is 23.7 Å². The number of pyridine rings is 1. The van der Waals surface area contributed by atoms with Crippen LogP contribution in [0.3, 0.4) is 0 Å². The molecule has 1 aromatic carbocycles. The van der Waals surface area contributed by atoms with E-state index >= 15 is 0 Å². The third-order valence-corrected chi connectivity index (χ3v) is 2.97. The summed E-state index contributed by atoms with van der Waals surface area (Å²) in [5.74, 6) is -0.188. The summed E-state index contributed by atoms with van der Waals surface area (Å²) in [5.41, 5.74) is 1.67. The van der Waals surface area contributed by atoms with E-state index in [4.69, 9.17) is 11.6 Å². The van der Waals surface area contributed by atoms with Gasteiger partial charge in [0.15, 0.2) is 0 Å². The molecule has 2 aromatic rings. The summed E-state index contributed by atoms with van der Waals surface area (Å²) in [7, 11) is 0. The van der Waals surface area contributed by atoms with Crippen molar-refractivity contribution < 1.29 is 4.79 Å². The molecule has 0 aliphatic rings. The number of nitrogens with one attached hydrogen (secondary N) is 2. The van der Waals surface area contributed by atoms with Crippen molar-refractivity contribution in [1.82, 2.24) is 10.3 Å². The van der Waals surface area contributed by atoms with Crippen molar-refractivity contribution in [3.8, 4) is 0 Å². The minimum atomic E-state index is -0.284. The number of benzene rings is 1. The first kappa shape index (κ1) is 15.3. The van der Waals surface area contributed by atoms with Crippen LogP contribution in [0.4, 0.5) is 11.4 Å². The molecule has 0 bridgehead atoms. The van der Waals surface area contributed by atoms with Crippen LogP contribution in [0.15, 0.2) is 42.6 Å². The fourth-order valence-electron chi connectivity index (χ4n) is 1.72. The zero-order valence-electron chi connectivity index (χ0n) is 12.3. The van der Waals surface area contributed by atoms with E-state index in [1.165, 1.54) is 0 Å². The molecule has 110 valence electrons. The van der Waals surface area contributed by atoms with Gasteiger partial charge < -0.3 is 10.6 Å². The standard InChI is InChI=1S/C16H18ClN3O/c1-16(2,3)20-15(21)14-9-8-11(10-18-14)19-13-7-5-4-6-12(13)17/h4-10,19H,1-3H3,(H,20,21). The fraction of sp³-hybridized carbons (Fsp3) is 0.250. The third kappa shape index (κ3) is 4.46. The molecule has 0 aliphatic heterocycles. The quantitative estimate of drug-likeness (QED) is 0.901. The van der Waals surface area contributed by atoms with Crippen molar-refractivity contribution in [3.05, 3.63) is 53.3 Å². The van der Waals surface area contributed by atoms with Gasteiger partial charge in [-0.15, -0.1) is 0 Å². The molecular weight excluding hydrogens is 286 g/mol. The average Bonchev–Trinajstić information content (AvgIpc) is 2.40. The second-order valence-corrected chi connectivity index (χ2v) is 6.15. The number of amides is 1. The smallest absolute Gasteiger partial charge is 0.270 e. The maximum atomic E-state index is 12.0. The predicted octanol–water partition coefficient (Wildman–Crippen LogP) is 4.01. The number of rotatable bonds is 3. The van der Waals surface area contributed by atoms with Gasteiger partial charge in [0.2, 0.25) is 0 Å². The molecule has 0 saturated carbocycles. The SMILES string of the molecule is CC(C)(C)NC(=O)c1ccc(Nc2ccccc2Cl)cn1. The Labute approximate surface area is 129 Å². The van der Waals surface area contributed by atoms with Crippen LogP contribution < -0.4 is 10.6 Å². The number of carbonyl (C=O) groups excluding carboxylic acids is 1. The Morgan fingerprint density at radius 3 is 2.43 bits per heavy atom. The Hall–Kier alpha value is -2.07. The molecule has 5 heteroatoms. The number of hydrogen-bond acceptors (Lipinski definition) is 3. The molecule has 4 nitrogen and oxygen atoms in total. The molecular formula is C16H18ClN3O. The number of nitrogens with zero attached hydrogens (tertiary/aromatic N) is 1. The van der Waals surface area contributed by atoms with Gasteiger partial charge in [0.25, 0.3) is 5.91 Å². The number of carbonyl (C=O) groups is 1. The van der Waals surface area contributed by atoms with Gasteiger partial charge in [0.1, 0.15) is 5.69 Å². The first-order valence-electron chi connectivity index (χ1n) is 6.65.